The fourth-order valence-corrected chi connectivity index (χ4v) is 6.27. The first-order valence-electron chi connectivity index (χ1n) is 9.99. The zero-order valence-electron chi connectivity index (χ0n) is 15.6. The molecule has 6 rings (SSSR count). The Labute approximate surface area is 157 Å². The minimum absolute atomic E-state index is 0.0776. The Bertz CT molecular complexity index is 762. The lowest BCUT2D eigenvalue weighted by Gasteiger charge is -2.58. The summed E-state index contributed by atoms with van der Waals surface area (Å²) in [7, 11) is 0. The second-order valence-electron chi connectivity index (χ2n) is 9.07. The molecule has 27 heavy (non-hydrogen) atoms. The first-order valence-corrected chi connectivity index (χ1v) is 9.99. The normalized spacial score (nSPS) is 39.7. The van der Waals surface area contributed by atoms with Crippen LogP contribution in [0.5, 0.6) is 0 Å². The molecule has 0 aromatic carbocycles. The molecule has 4 bridgehead atoms. The van der Waals surface area contributed by atoms with Crippen LogP contribution in [0.1, 0.15) is 56.2 Å². The molecule has 2 amide bonds. The summed E-state index contributed by atoms with van der Waals surface area (Å²) in [5.41, 5.74) is 5.38. The summed E-state index contributed by atoms with van der Waals surface area (Å²) in [6, 6.07) is 0. The molecule has 8 heteroatoms. The largest absolute Gasteiger partial charge is 0.446 e. The van der Waals surface area contributed by atoms with Crippen molar-refractivity contribution in [3.8, 4) is 0 Å². The van der Waals surface area contributed by atoms with Gasteiger partial charge < -0.3 is 19.9 Å². The van der Waals surface area contributed by atoms with Gasteiger partial charge in [-0.2, -0.15) is 4.98 Å². The number of hydrogen-bond acceptors (Lipinski definition) is 6. The second-order valence-corrected chi connectivity index (χ2v) is 9.07. The molecular formula is C19H26N4O4. The number of nitrogens with zero attached hydrogens (tertiary/aromatic N) is 3. The van der Waals surface area contributed by atoms with Gasteiger partial charge in [0, 0.05) is 13.1 Å². The van der Waals surface area contributed by atoms with Gasteiger partial charge in [-0.05, 0) is 63.2 Å². The quantitative estimate of drug-likeness (QED) is 0.866. The summed E-state index contributed by atoms with van der Waals surface area (Å²) in [5, 5.41) is 3.84. The third-order valence-corrected chi connectivity index (χ3v) is 7.29. The number of carbonyl (C=O) groups is 2. The molecule has 2 N–H and O–H groups in total. The number of aromatic nitrogens is 2. The van der Waals surface area contributed by atoms with Gasteiger partial charge in [0.05, 0.1) is 11.3 Å². The number of likely N-dealkylation sites (tertiary alicyclic amines) is 1. The van der Waals surface area contributed by atoms with E-state index in [-0.39, 0.29) is 41.3 Å². The number of carbonyl (C=O) groups excluding carboxylic acids is 2. The molecule has 5 aliphatic rings. The Hall–Kier alpha value is -2.12. The van der Waals surface area contributed by atoms with E-state index in [1.54, 1.807) is 11.8 Å². The highest BCUT2D eigenvalue weighted by molar-refractivity contribution is 5.81. The minimum Gasteiger partial charge on any atom is -0.446 e. The molecule has 1 aromatic heterocycles. The maximum atomic E-state index is 12.8. The first kappa shape index (κ1) is 17.0. The lowest BCUT2D eigenvalue weighted by atomic mass is 9.48. The van der Waals surface area contributed by atoms with Gasteiger partial charge in [-0.3, -0.25) is 4.79 Å². The molecule has 5 fully saturated rings. The molecule has 4 aliphatic carbocycles. The predicted molar refractivity (Wildman–Crippen MR) is 93.4 cm³/mol. The number of aryl methyl sites for hydroxylation is 1. The van der Waals surface area contributed by atoms with Crippen LogP contribution in [0.25, 0.3) is 0 Å². The van der Waals surface area contributed by atoms with Crippen molar-refractivity contribution in [2.45, 2.75) is 57.5 Å². The Kier molecular flexibility index (Phi) is 3.74. The lowest BCUT2D eigenvalue weighted by Crippen LogP contribution is -2.59. The van der Waals surface area contributed by atoms with E-state index in [1.807, 2.05) is 0 Å². The van der Waals surface area contributed by atoms with E-state index in [1.165, 1.54) is 0 Å². The maximum Gasteiger partial charge on any atom is 0.410 e. The van der Waals surface area contributed by atoms with Crippen molar-refractivity contribution < 1.29 is 18.8 Å². The minimum atomic E-state index is -0.353. The fraction of sp³-hybridized carbons (Fsp3) is 0.789. The number of amides is 2. The summed E-state index contributed by atoms with van der Waals surface area (Å²) in [6.45, 7) is 2.98. The molecule has 6 atom stereocenters. The number of rotatable bonds is 3. The van der Waals surface area contributed by atoms with Crippen LogP contribution in [0.15, 0.2) is 4.52 Å². The van der Waals surface area contributed by atoms with Gasteiger partial charge >= 0.3 is 6.09 Å². The van der Waals surface area contributed by atoms with Crippen LogP contribution in [0.2, 0.25) is 0 Å². The summed E-state index contributed by atoms with van der Waals surface area (Å²) in [4.78, 5) is 30.9. The van der Waals surface area contributed by atoms with Gasteiger partial charge in [0.25, 0.3) is 0 Å². The predicted octanol–water partition coefficient (Wildman–Crippen LogP) is 1.98. The third kappa shape index (κ3) is 2.72. The topological polar surface area (TPSA) is 112 Å². The summed E-state index contributed by atoms with van der Waals surface area (Å²) >= 11 is 0. The molecule has 0 radical (unpaired) electrons. The highest BCUT2D eigenvalue weighted by atomic mass is 16.6. The zero-order valence-corrected chi connectivity index (χ0v) is 15.6. The van der Waals surface area contributed by atoms with Gasteiger partial charge in [0.2, 0.25) is 11.8 Å². The van der Waals surface area contributed by atoms with Gasteiger partial charge in [-0.15, -0.1) is 0 Å². The maximum absolute atomic E-state index is 12.8. The van der Waals surface area contributed by atoms with Crippen molar-refractivity contribution in [2.24, 2.45) is 28.9 Å². The van der Waals surface area contributed by atoms with E-state index < -0.39 is 0 Å². The second kappa shape index (κ2) is 5.94. The van der Waals surface area contributed by atoms with Crippen LogP contribution >= 0.6 is 0 Å². The monoisotopic (exact) mass is 374 g/mol. The Morgan fingerprint density at radius 3 is 2.63 bits per heavy atom. The molecule has 5 unspecified atom stereocenters. The van der Waals surface area contributed by atoms with Gasteiger partial charge in [-0.1, -0.05) is 5.16 Å². The molecular weight excluding hydrogens is 348 g/mol. The highest BCUT2D eigenvalue weighted by Gasteiger charge is 2.59. The van der Waals surface area contributed by atoms with Crippen LogP contribution in [-0.4, -0.2) is 46.2 Å². The molecule has 1 saturated heterocycles. The number of hydrogen-bond donors (Lipinski definition) is 1. The number of primary amides is 1. The van der Waals surface area contributed by atoms with E-state index >= 15 is 0 Å². The van der Waals surface area contributed by atoms with Crippen molar-refractivity contribution in [3.05, 3.63) is 11.7 Å². The van der Waals surface area contributed by atoms with E-state index in [2.05, 4.69) is 10.1 Å². The number of nitrogens with two attached hydrogens (primary N) is 1. The van der Waals surface area contributed by atoms with Gasteiger partial charge in [-0.25, -0.2) is 4.79 Å². The summed E-state index contributed by atoms with van der Waals surface area (Å²) in [6.07, 6.45) is 5.05. The van der Waals surface area contributed by atoms with Gasteiger partial charge in [0.1, 0.15) is 6.10 Å². The van der Waals surface area contributed by atoms with E-state index in [4.69, 9.17) is 15.0 Å². The van der Waals surface area contributed by atoms with Crippen LogP contribution in [0, 0.1) is 30.1 Å². The molecule has 2 heterocycles. The van der Waals surface area contributed by atoms with Crippen LogP contribution in [-0.2, 0) is 9.53 Å². The molecule has 8 nitrogen and oxygen atoms in total. The Balaban J connectivity index is 1.24. The lowest BCUT2D eigenvalue weighted by molar-refractivity contribution is -0.161. The molecule has 1 aromatic rings. The molecule has 1 aliphatic heterocycles. The van der Waals surface area contributed by atoms with E-state index in [0.29, 0.717) is 30.7 Å². The Morgan fingerprint density at radius 1 is 1.26 bits per heavy atom. The highest BCUT2D eigenvalue weighted by Crippen LogP contribution is 2.60. The SMILES string of the molecule is Cc1noc(C2CCN(C(=O)OC3C4CC5C[C@H]3CC(C(N)=O)(C5)C4)C2)n1. The van der Waals surface area contributed by atoms with Crippen molar-refractivity contribution in [3.63, 3.8) is 0 Å². The first-order chi connectivity index (χ1) is 12.9. The average molecular weight is 374 g/mol. The van der Waals surface area contributed by atoms with Crippen molar-refractivity contribution in [1.29, 1.82) is 0 Å². The molecule has 146 valence electrons. The summed E-state index contributed by atoms with van der Waals surface area (Å²) in [5.74, 6) is 2.22. The fourth-order valence-electron chi connectivity index (χ4n) is 6.27. The molecule has 0 spiro atoms. The van der Waals surface area contributed by atoms with Crippen molar-refractivity contribution in [2.75, 3.05) is 13.1 Å². The zero-order chi connectivity index (χ0) is 18.8. The third-order valence-electron chi connectivity index (χ3n) is 7.29. The standard InChI is InChI=1S/C19H26N4O4/c1-10-21-16(27-22-10)12-2-3-23(9-12)18(25)26-15-13-4-11-5-14(15)8-19(6-11,7-13)17(20)24/h11-15H,2-9H2,1H3,(H2,20,24)/t11?,12?,13-,14?,15?,19?/m0/s1. The number of ether oxygens (including phenoxy) is 1. The average Bonchev–Trinajstić information content (AvgIpc) is 3.26. The Morgan fingerprint density at radius 2 is 2.00 bits per heavy atom. The van der Waals surface area contributed by atoms with E-state index in [0.717, 1.165) is 38.5 Å². The molecule has 4 saturated carbocycles. The van der Waals surface area contributed by atoms with Crippen LogP contribution < -0.4 is 5.73 Å². The van der Waals surface area contributed by atoms with Crippen molar-refractivity contribution >= 4 is 12.0 Å². The summed E-state index contributed by atoms with van der Waals surface area (Å²) < 4.78 is 11.2. The van der Waals surface area contributed by atoms with Crippen LogP contribution in [0.4, 0.5) is 4.79 Å². The smallest absolute Gasteiger partial charge is 0.410 e. The van der Waals surface area contributed by atoms with Crippen molar-refractivity contribution in [1.82, 2.24) is 15.0 Å². The van der Waals surface area contributed by atoms with Gasteiger partial charge in [0.15, 0.2) is 5.82 Å². The van der Waals surface area contributed by atoms with E-state index in [9.17, 15) is 9.59 Å². The van der Waals surface area contributed by atoms with Crippen LogP contribution in [0.3, 0.4) is 0 Å².